The highest BCUT2D eigenvalue weighted by atomic mass is 79.9. The maximum Gasteiger partial charge on any atom is 0.124 e. The maximum atomic E-state index is 13.0. The average molecular weight is 312 g/mol. The third-order valence-corrected chi connectivity index (χ3v) is 4.28. The van der Waals surface area contributed by atoms with E-state index < -0.39 is 0 Å². The van der Waals surface area contributed by atoms with Gasteiger partial charge in [-0.1, -0.05) is 47.5 Å². The molecular weight excluding hydrogens is 293 g/mol. The summed E-state index contributed by atoms with van der Waals surface area (Å²) < 4.78 is 13.8. The molecule has 1 saturated heterocycles. The molecule has 0 saturated carbocycles. The molecule has 0 radical (unpaired) electrons. The lowest BCUT2D eigenvalue weighted by molar-refractivity contribution is 0.326. The molecule has 1 heterocycles. The Morgan fingerprint density at radius 1 is 1.50 bits per heavy atom. The number of hydrogen-bond acceptors (Lipinski definition) is 1. The second kappa shape index (κ2) is 6.48. The zero-order valence-electron chi connectivity index (χ0n) is 10.6. The number of hydrogen-bond donors (Lipinski definition) is 1. The molecule has 1 N–H and O–H groups in total. The van der Waals surface area contributed by atoms with Crippen LogP contribution in [-0.4, -0.2) is 12.6 Å². The number of halogens is 2. The summed E-state index contributed by atoms with van der Waals surface area (Å²) in [4.78, 5) is 0. The van der Waals surface area contributed by atoms with Crippen molar-refractivity contribution in [2.45, 2.75) is 32.2 Å². The van der Waals surface area contributed by atoms with Gasteiger partial charge in [-0.25, -0.2) is 4.39 Å². The summed E-state index contributed by atoms with van der Waals surface area (Å²) in [6, 6.07) is 5.24. The molecule has 1 aromatic rings. The summed E-state index contributed by atoms with van der Waals surface area (Å²) in [5.74, 6) is 0.624. The lowest BCUT2D eigenvalue weighted by Gasteiger charge is -2.27. The molecule has 0 spiro atoms. The van der Waals surface area contributed by atoms with E-state index in [0.717, 1.165) is 22.5 Å². The molecule has 1 fully saturated rings. The summed E-state index contributed by atoms with van der Waals surface area (Å²) in [5, 5.41) is 3.51. The van der Waals surface area contributed by atoms with Gasteiger partial charge in [0.15, 0.2) is 0 Å². The normalized spacial score (nSPS) is 24.6. The van der Waals surface area contributed by atoms with Crippen molar-refractivity contribution in [3.8, 4) is 0 Å². The fourth-order valence-electron chi connectivity index (χ4n) is 2.41. The Morgan fingerprint density at radius 3 is 3.06 bits per heavy atom. The van der Waals surface area contributed by atoms with Gasteiger partial charge in [0.2, 0.25) is 0 Å². The minimum atomic E-state index is -0.208. The molecule has 0 aliphatic carbocycles. The van der Waals surface area contributed by atoms with Gasteiger partial charge in [-0.2, -0.15) is 0 Å². The fourth-order valence-corrected chi connectivity index (χ4v) is 2.89. The largest absolute Gasteiger partial charge is 0.310 e. The van der Waals surface area contributed by atoms with Crippen LogP contribution < -0.4 is 5.32 Å². The third-order valence-electron chi connectivity index (χ3n) is 3.59. The molecule has 1 nitrogen and oxygen atoms in total. The number of piperidine rings is 1. The van der Waals surface area contributed by atoms with Crippen molar-refractivity contribution < 1.29 is 4.39 Å². The van der Waals surface area contributed by atoms with Crippen LogP contribution in [0.2, 0.25) is 0 Å². The lowest BCUT2D eigenvalue weighted by Crippen LogP contribution is -2.36. The smallest absolute Gasteiger partial charge is 0.124 e. The standard InChI is InChI=1S/C15H19BrFN/c1-2-11-7-8-18-14(9-11)6-4-12-3-5-13(17)10-15(12)16/h3-6,10-11,14,18H,2,7-9H2,1H3/b6-4+. The van der Waals surface area contributed by atoms with Gasteiger partial charge in [-0.05, 0) is 43.0 Å². The number of benzene rings is 1. The highest BCUT2D eigenvalue weighted by Crippen LogP contribution is 2.22. The van der Waals surface area contributed by atoms with Crippen molar-refractivity contribution in [2.75, 3.05) is 6.54 Å². The molecule has 1 aromatic carbocycles. The van der Waals surface area contributed by atoms with Crippen LogP contribution in [0.5, 0.6) is 0 Å². The summed E-state index contributed by atoms with van der Waals surface area (Å²) in [6.45, 7) is 3.35. The number of nitrogens with one attached hydrogen (secondary N) is 1. The Hall–Kier alpha value is -0.670. The van der Waals surface area contributed by atoms with Crippen molar-refractivity contribution in [2.24, 2.45) is 5.92 Å². The zero-order valence-corrected chi connectivity index (χ0v) is 12.2. The molecule has 2 unspecified atom stereocenters. The van der Waals surface area contributed by atoms with Crippen molar-refractivity contribution in [1.82, 2.24) is 5.32 Å². The quantitative estimate of drug-likeness (QED) is 0.873. The molecule has 0 bridgehead atoms. The molecule has 0 amide bonds. The van der Waals surface area contributed by atoms with Crippen LogP contribution in [0.3, 0.4) is 0 Å². The van der Waals surface area contributed by atoms with Crippen molar-refractivity contribution in [1.29, 1.82) is 0 Å². The summed E-state index contributed by atoms with van der Waals surface area (Å²) in [5.41, 5.74) is 1.02. The van der Waals surface area contributed by atoms with E-state index in [0.29, 0.717) is 6.04 Å². The Kier molecular flexibility index (Phi) is 4.95. The van der Waals surface area contributed by atoms with E-state index in [-0.39, 0.29) is 5.82 Å². The molecule has 1 aliphatic rings. The van der Waals surface area contributed by atoms with E-state index in [9.17, 15) is 4.39 Å². The predicted molar refractivity (Wildman–Crippen MR) is 77.9 cm³/mol. The highest BCUT2D eigenvalue weighted by molar-refractivity contribution is 9.10. The summed E-state index contributed by atoms with van der Waals surface area (Å²) in [6.07, 6.45) is 8.00. The van der Waals surface area contributed by atoms with Gasteiger partial charge in [0, 0.05) is 10.5 Å². The Morgan fingerprint density at radius 2 is 2.33 bits per heavy atom. The first-order chi connectivity index (χ1) is 8.69. The lowest BCUT2D eigenvalue weighted by atomic mass is 9.90. The molecule has 98 valence electrons. The molecule has 2 rings (SSSR count). The van der Waals surface area contributed by atoms with E-state index in [4.69, 9.17) is 0 Å². The molecule has 18 heavy (non-hydrogen) atoms. The number of rotatable bonds is 3. The minimum absolute atomic E-state index is 0.208. The zero-order chi connectivity index (χ0) is 13.0. The highest BCUT2D eigenvalue weighted by Gasteiger charge is 2.17. The van der Waals surface area contributed by atoms with Crippen molar-refractivity contribution in [3.05, 3.63) is 40.1 Å². The second-order valence-corrected chi connectivity index (χ2v) is 5.74. The summed E-state index contributed by atoms with van der Waals surface area (Å²) >= 11 is 3.39. The molecule has 3 heteroatoms. The first-order valence-corrected chi connectivity index (χ1v) is 7.35. The second-order valence-electron chi connectivity index (χ2n) is 4.88. The van der Waals surface area contributed by atoms with Crippen LogP contribution in [0, 0.1) is 11.7 Å². The van der Waals surface area contributed by atoms with Crippen LogP contribution in [0.25, 0.3) is 6.08 Å². The van der Waals surface area contributed by atoms with Crippen molar-refractivity contribution >= 4 is 22.0 Å². The Balaban J connectivity index is 2.01. The molecule has 2 atom stereocenters. The van der Waals surface area contributed by atoms with Crippen LogP contribution in [0.15, 0.2) is 28.7 Å². The van der Waals surface area contributed by atoms with Gasteiger partial charge in [0.05, 0.1) is 0 Å². The van der Waals surface area contributed by atoms with E-state index in [1.807, 2.05) is 0 Å². The van der Waals surface area contributed by atoms with Crippen LogP contribution in [0.4, 0.5) is 4.39 Å². The van der Waals surface area contributed by atoms with Gasteiger partial charge in [0.25, 0.3) is 0 Å². The molecular formula is C15H19BrFN. The first-order valence-electron chi connectivity index (χ1n) is 6.55. The monoisotopic (exact) mass is 311 g/mol. The van der Waals surface area contributed by atoms with E-state index in [1.165, 1.54) is 31.4 Å². The van der Waals surface area contributed by atoms with Gasteiger partial charge < -0.3 is 5.32 Å². The summed E-state index contributed by atoms with van der Waals surface area (Å²) in [7, 11) is 0. The van der Waals surface area contributed by atoms with Crippen LogP contribution >= 0.6 is 15.9 Å². The van der Waals surface area contributed by atoms with Crippen LogP contribution in [0.1, 0.15) is 31.7 Å². The van der Waals surface area contributed by atoms with E-state index in [2.05, 4.69) is 40.3 Å². The van der Waals surface area contributed by atoms with Gasteiger partial charge in [-0.15, -0.1) is 0 Å². The predicted octanol–water partition coefficient (Wildman–Crippen LogP) is 4.38. The topological polar surface area (TPSA) is 12.0 Å². The van der Waals surface area contributed by atoms with Gasteiger partial charge in [0.1, 0.15) is 5.82 Å². The van der Waals surface area contributed by atoms with Gasteiger partial charge >= 0.3 is 0 Å². The molecule has 0 aromatic heterocycles. The maximum absolute atomic E-state index is 13.0. The van der Waals surface area contributed by atoms with E-state index >= 15 is 0 Å². The first kappa shape index (κ1) is 13.8. The molecule has 1 aliphatic heterocycles. The average Bonchev–Trinajstić information content (AvgIpc) is 2.38. The van der Waals surface area contributed by atoms with Gasteiger partial charge in [-0.3, -0.25) is 0 Å². The minimum Gasteiger partial charge on any atom is -0.310 e. The van der Waals surface area contributed by atoms with Crippen molar-refractivity contribution in [3.63, 3.8) is 0 Å². The fraction of sp³-hybridized carbons (Fsp3) is 0.467. The Bertz CT molecular complexity index is 431. The third kappa shape index (κ3) is 3.66. The van der Waals surface area contributed by atoms with E-state index in [1.54, 1.807) is 6.07 Å². The SMILES string of the molecule is CCC1CCNC(/C=C/c2ccc(F)cc2Br)C1. The van der Waals surface area contributed by atoms with Crippen LogP contribution in [-0.2, 0) is 0 Å². The Labute approximate surface area is 117 Å².